The molecule has 1 fully saturated rings. The first-order valence-electron chi connectivity index (χ1n) is 10.8. The van der Waals surface area contributed by atoms with Crippen LogP contribution in [-0.2, 0) is 19.4 Å². The van der Waals surface area contributed by atoms with Crippen LogP contribution in [0.3, 0.4) is 0 Å². The van der Waals surface area contributed by atoms with Gasteiger partial charge in [0.25, 0.3) is 0 Å². The van der Waals surface area contributed by atoms with Gasteiger partial charge in [-0.3, -0.25) is 9.69 Å². The molecule has 0 radical (unpaired) electrons. The van der Waals surface area contributed by atoms with Crippen molar-refractivity contribution in [2.24, 2.45) is 0 Å². The molecule has 4 rings (SSSR count). The van der Waals surface area contributed by atoms with Crippen molar-refractivity contribution in [3.8, 4) is 5.75 Å². The Kier molecular flexibility index (Phi) is 7.53. The highest BCUT2D eigenvalue weighted by atomic mass is 35.5. The van der Waals surface area contributed by atoms with Crippen molar-refractivity contribution in [2.75, 3.05) is 30.4 Å². The van der Waals surface area contributed by atoms with Gasteiger partial charge in [0.05, 0.1) is 40.1 Å². The van der Waals surface area contributed by atoms with Crippen molar-refractivity contribution < 1.29 is 22.7 Å². The van der Waals surface area contributed by atoms with Crippen LogP contribution in [-0.4, -0.2) is 50.9 Å². The van der Waals surface area contributed by atoms with Crippen molar-refractivity contribution in [3.05, 3.63) is 47.5 Å². The predicted molar refractivity (Wildman–Crippen MR) is 130 cm³/mol. The van der Waals surface area contributed by atoms with E-state index in [1.54, 1.807) is 4.90 Å². The number of carbonyl (C=O) groups is 1. The highest BCUT2D eigenvalue weighted by Crippen LogP contribution is 2.33. The topological polar surface area (TPSA) is 85.8 Å². The summed E-state index contributed by atoms with van der Waals surface area (Å²) in [4.78, 5) is 19.6. The van der Waals surface area contributed by atoms with Crippen LogP contribution in [0.2, 0.25) is 5.02 Å². The normalized spacial score (nSPS) is 16.2. The van der Waals surface area contributed by atoms with E-state index in [1.165, 1.54) is 35.6 Å². The van der Waals surface area contributed by atoms with Crippen molar-refractivity contribution in [1.82, 2.24) is 4.98 Å². The lowest BCUT2D eigenvalue weighted by molar-refractivity contribution is -0.118. The van der Waals surface area contributed by atoms with Crippen LogP contribution >= 0.6 is 22.9 Å². The minimum absolute atomic E-state index is 0.0900. The summed E-state index contributed by atoms with van der Waals surface area (Å²) in [7, 11) is -3.62. The lowest BCUT2D eigenvalue weighted by atomic mass is 10.2. The number of carbonyl (C=O) groups excluding carboxylic acids is 1. The number of hydrogen-bond acceptors (Lipinski definition) is 7. The zero-order valence-corrected chi connectivity index (χ0v) is 20.6. The molecule has 2 aromatic carbocycles. The molecular weight excluding hydrogens is 484 g/mol. The van der Waals surface area contributed by atoms with Gasteiger partial charge in [0.1, 0.15) is 5.75 Å². The first-order chi connectivity index (χ1) is 15.9. The Morgan fingerprint density at radius 1 is 1.27 bits per heavy atom. The van der Waals surface area contributed by atoms with Crippen LogP contribution in [0.1, 0.15) is 26.2 Å². The van der Waals surface area contributed by atoms with Gasteiger partial charge in [-0.25, -0.2) is 13.4 Å². The average Bonchev–Trinajstić information content (AvgIpc) is 3.46. The summed E-state index contributed by atoms with van der Waals surface area (Å²) in [6, 6.07) is 11.6. The second kappa shape index (κ2) is 10.4. The van der Waals surface area contributed by atoms with E-state index in [-0.39, 0.29) is 29.1 Å². The fraction of sp³-hybridized carbons (Fsp3) is 0.391. The SMILES string of the molecule is CCOc1ccc2nc(N(CC3CCCO3)C(=O)CCS(=O)(=O)c3ccc(Cl)cc3)sc2c1. The molecule has 0 spiro atoms. The minimum atomic E-state index is -3.62. The summed E-state index contributed by atoms with van der Waals surface area (Å²) in [5, 5.41) is 0.985. The number of hydrogen-bond donors (Lipinski definition) is 0. The molecule has 176 valence electrons. The van der Waals surface area contributed by atoms with Gasteiger partial charge in [0.15, 0.2) is 15.0 Å². The third kappa shape index (κ3) is 5.84. The number of ether oxygens (including phenoxy) is 2. The third-order valence-corrected chi connectivity index (χ3v) is 8.38. The monoisotopic (exact) mass is 508 g/mol. The first kappa shape index (κ1) is 23.9. The molecule has 1 unspecified atom stereocenters. The maximum absolute atomic E-state index is 13.2. The maximum atomic E-state index is 13.2. The van der Waals surface area contributed by atoms with Gasteiger partial charge in [-0.2, -0.15) is 0 Å². The van der Waals surface area contributed by atoms with E-state index < -0.39 is 9.84 Å². The average molecular weight is 509 g/mol. The molecule has 1 aliphatic rings. The van der Waals surface area contributed by atoms with Gasteiger partial charge in [0, 0.05) is 18.1 Å². The molecule has 0 aliphatic carbocycles. The zero-order valence-electron chi connectivity index (χ0n) is 18.2. The summed E-state index contributed by atoms with van der Waals surface area (Å²) < 4.78 is 37.7. The van der Waals surface area contributed by atoms with E-state index in [0.717, 1.165) is 28.8 Å². The summed E-state index contributed by atoms with van der Waals surface area (Å²) in [5.74, 6) is 0.146. The molecule has 10 heteroatoms. The molecule has 0 N–H and O–H groups in total. The Hall–Kier alpha value is -2.20. The largest absolute Gasteiger partial charge is 0.494 e. The van der Waals surface area contributed by atoms with Crippen molar-refractivity contribution in [3.63, 3.8) is 0 Å². The number of sulfone groups is 1. The van der Waals surface area contributed by atoms with Crippen LogP contribution < -0.4 is 9.64 Å². The number of thiazole rings is 1. The molecule has 2 heterocycles. The summed E-state index contributed by atoms with van der Waals surface area (Å²) in [6.45, 7) is 3.48. The van der Waals surface area contributed by atoms with Gasteiger partial charge in [0.2, 0.25) is 5.91 Å². The molecule has 0 bridgehead atoms. The lowest BCUT2D eigenvalue weighted by Crippen LogP contribution is -2.38. The first-order valence-corrected chi connectivity index (χ1v) is 13.6. The fourth-order valence-corrected chi connectivity index (χ4v) is 6.04. The minimum Gasteiger partial charge on any atom is -0.494 e. The molecule has 1 saturated heterocycles. The number of aromatic nitrogens is 1. The highest BCUT2D eigenvalue weighted by molar-refractivity contribution is 7.91. The quantitative estimate of drug-likeness (QED) is 0.415. The van der Waals surface area contributed by atoms with Crippen molar-refractivity contribution in [1.29, 1.82) is 0 Å². The van der Waals surface area contributed by atoms with Crippen LogP contribution in [0, 0.1) is 0 Å². The van der Waals surface area contributed by atoms with Gasteiger partial charge in [-0.1, -0.05) is 22.9 Å². The summed E-state index contributed by atoms with van der Waals surface area (Å²) in [5.41, 5.74) is 0.761. The Balaban J connectivity index is 1.55. The van der Waals surface area contributed by atoms with E-state index in [4.69, 9.17) is 21.1 Å². The van der Waals surface area contributed by atoms with Gasteiger partial charge in [-0.15, -0.1) is 0 Å². The standard InChI is InChI=1S/C23H25ClN2O5S2/c1-2-30-17-7-10-20-21(14-17)32-23(25-20)26(15-18-4-3-12-31-18)22(27)11-13-33(28,29)19-8-5-16(24)6-9-19/h5-10,14,18H,2-4,11-13,15H2,1H3. The maximum Gasteiger partial charge on any atom is 0.229 e. The Morgan fingerprint density at radius 3 is 2.76 bits per heavy atom. The molecule has 7 nitrogen and oxygen atoms in total. The van der Waals surface area contributed by atoms with Crippen LogP contribution in [0.5, 0.6) is 5.75 Å². The number of halogens is 1. The van der Waals surface area contributed by atoms with E-state index >= 15 is 0 Å². The van der Waals surface area contributed by atoms with Crippen LogP contribution in [0.4, 0.5) is 5.13 Å². The van der Waals surface area contributed by atoms with Gasteiger partial charge in [-0.05, 0) is 62.2 Å². The number of benzene rings is 2. The molecule has 1 aromatic heterocycles. The molecule has 1 atom stereocenters. The lowest BCUT2D eigenvalue weighted by Gasteiger charge is -2.23. The molecule has 3 aromatic rings. The Labute approximate surface area is 202 Å². The van der Waals surface area contributed by atoms with E-state index in [1.807, 2.05) is 25.1 Å². The zero-order chi connectivity index (χ0) is 23.4. The number of amides is 1. The van der Waals surface area contributed by atoms with E-state index in [9.17, 15) is 13.2 Å². The highest BCUT2D eigenvalue weighted by Gasteiger charge is 2.27. The second-order valence-electron chi connectivity index (χ2n) is 7.72. The summed E-state index contributed by atoms with van der Waals surface area (Å²) >= 11 is 7.24. The molecule has 1 amide bonds. The van der Waals surface area contributed by atoms with Crippen molar-refractivity contribution >= 4 is 54.0 Å². The predicted octanol–water partition coefficient (Wildman–Crippen LogP) is 4.72. The van der Waals surface area contributed by atoms with Crippen LogP contribution in [0.25, 0.3) is 10.2 Å². The second-order valence-corrected chi connectivity index (χ2v) is 11.3. The van der Waals surface area contributed by atoms with Crippen molar-refractivity contribution in [2.45, 2.75) is 37.2 Å². The third-order valence-electron chi connectivity index (χ3n) is 5.36. The number of fused-ring (bicyclic) bond motifs is 1. The molecular formula is C23H25ClN2O5S2. The van der Waals surface area contributed by atoms with E-state index in [0.29, 0.717) is 29.9 Å². The number of rotatable bonds is 9. The molecule has 1 aliphatic heterocycles. The van der Waals surface area contributed by atoms with Gasteiger partial charge >= 0.3 is 0 Å². The smallest absolute Gasteiger partial charge is 0.229 e. The molecule has 0 saturated carbocycles. The van der Waals surface area contributed by atoms with Crippen LogP contribution in [0.15, 0.2) is 47.4 Å². The summed E-state index contributed by atoms with van der Waals surface area (Å²) in [6.07, 6.45) is 1.55. The van der Waals surface area contributed by atoms with Gasteiger partial charge < -0.3 is 9.47 Å². The van der Waals surface area contributed by atoms with E-state index in [2.05, 4.69) is 4.98 Å². The fourth-order valence-electron chi connectivity index (χ4n) is 3.66. The Bertz CT molecular complexity index is 1220. The number of nitrogens with zero attached hydrogens (tertiary/aromatic N) is 2. The molecule has 33 heavy (non-hydrogen) atoms. The Morgan fingerprint density at radius 2 is 2.06 bits per heavy atom. The number of anilines is 1.